The van der Waals surface area contributed by atoms with Crippen LogP contribution in [0.25, 0.3) is 0 Å². The maximum Gasteiger partial charge on any atom is 0.405 e. The molecule has 11 heteroatoms. The second-order valence-electron chi connectivity index (χ2n) is 12.6. The molecule has 1 aliphatic heterocycles. The zero-order valence-corrected chi connectivity index (χ0v) is 30.2. The third-order valence-corrected chi connectivity index (χ3v) is 8.72. The normalized spacial score (nSPS) is 26.4. The lowest BCUT2D eigenvalue weighted by Gasteiger charge is -2.32. The van der Waals surface area contributed by atoms with Gasteiger partial charge in [-0.1, -0.05) is 56.3 Å². The van der Waals surface area contributed by atoms with Gasteiger partial charge in [0.05, 0.1) is 25.4 Å². The number of nitrogens with two attached hydrogens (primary N) is 1. The summed E-state index contributed by atoms with van der Waals surface area (Å²) in [6, 6.07) is 13.6. The van der Waals surface area contributed by atoms with Gasteiger partial charge >= 0.3 is 6.09 Å². The molecule has 0 aliphatic carbocycles. The van der Waals surface area contributed by atoms with Crippen molar-refractivity contribution in [1.29, 1.82) is 0 Å². The lowest BCUT2D eigenvalue weighted by Crippen LogP contribution is -2.39. The van der Waals surface area contributed by atoms with Crippen LogP contribution in [0.5, 0.6) is 11.5 Å². The third kappa shape index (κ3) is 11.9. The Hall–Kier alpha value is -3.90. The van der Waals surface area contributed by atoms with E-state index in [9.17, 15) is 9.59 Å². The fourth-order valence-corrected chi connectivity index (χ4v) is 6.29. The first-order valence-electron chi connectivity index (χ1n) is 16.7. The lowest BCUT2D eigenvalue weighted by atomic mass is 9.87. The highest BCUT2D eigenvalue weighted by Crippen LogP contribution is 2.38. The van der Waals surface area contributed by atoms with Crippen LogP contribution in [0.15, 0.2) is 65.8 Å². The Labute approximate surface area is 291 Å². The van der Waals surface area contributed by atoms with Gasteiger partial charge in [0.1, 0.15) is 13.4 Å². The topological polar surface area (TPSA) is 137 Å². The molecule has 2 bridgehead atoms. The van der Waals surface area contributed by atoms with E-state index in [4.69, 9.17) is 38.9 Å². The molecule has 3 rings (SSSR count). The van der Waals surface area contributed by atoms with Crippen LogP contribution in [0.1, 0.15) is 58.1 Å². The van der Waals surface area contributed by atoms with E-state index < -0.39 is 24.4 Å². The first-order chi connectivity index (χ1) is 23.5. The van der Waals surface area contributed by atoms with Crippen LogP contribution in [0.4, 0.5) is 10.5 Å². The Bertz CT molecular complexity index is 1410. The first kappa shape index (κ1) is 39.5. The van der Waals surface area contributed by atoms with Crippen LogP contribution in [0.3, 0.4) is 0 Å². The molecule has 3 N–H and O–H groups in total. The van der Waals surface area contributed by atoms with Crippen LogP contribution in [0.2, 0.25) is 0 Å². The van der Waals surface area contributed by atoms with E-state index in [1.807, 2.05) is 62.4 Å². The zero-order chi connectivity index (χ0) is 35.9. The van der Waals surface area contributed by atoms with Crippen molar-refractivity contribution in [2.24, 2.45) is 17.6 Å². The summed E-state index contributed by atoms with van der Waals surface area (Å²) in [5.41, 5.74) is 9.26. The second-order valence-corrected chi connectivity index (χ2v) is 12.6. The molecule has 0 aromatic heterocycles. The fourth-order valence-electron chi connectivity index (χ4n) is 6.29. The van der Waals surface area contributed by atoms with Gasteiger partial charge < -0.3 is 44.2 Å². The number of fused-ring (bicyclic) bond motifs is 2. The number of anilines is 1. The molecule has 270 valence electrons. The van der Waals surface area contributed by atoms with Crippen molar-refractivity contribution in [3.63, 3.8) is 0 Å². The van der Waals surface area contributed by atoms with Gasteiger partial charge in [-0.3, -0.25) is 4.79 Å². The molecule has 2 aromatic rings. The molecular weight excluding hydrogens is 628 g/mol. The van der Waals surface area contributed by atoms with Gasteiger partial charge in [-0.05, 0) is 62.7 Å². The Morgan fingerprint density at radius 1 is 1.00 bits per heavy atom. The highest BCUT2D eigenvalue weighted by atomic mass is 16.7. The highest BCUT2D eigenvalue weighted by Gasteiger charge is 2.32. The zero-order valence-electron chi connectivity index (χ0n) is 30.2. The number of benzene rings is 2. The van der Waals surface area contributed by atoms with Gasteiger partial charge in [0.2, 0.25) is 0 Å². The van der Waals surface area contributed by atoms with E-state index in [-0.39, 0.29) is 30.6 Å². The monoisotopic (exact) mass is 682 g/mol. The lowest BCUT2D eigenvalue weighted by molar-refractivity contribution is -0.136. The van der Waals surface area contributed by atoms with Crippen molar-refractivity contribution in [2.45, 2.75) is 84.4 Å². The van der Waals surface area contributed by atoms with Crippen molar-refractivity contribution in [3.8, 4) is 11.5 Å². The summed E-state index contributed by atoms with van der Waals surface area (Å²) in [5, 5.41) is 3.05. The van der Waals surface area contributed by atoms with E-state index in [0.29, 0.717) is 55.0 Å². The predicted molar refractivity (Wildman–Crippen MR) is 189 cm³/mol. The molecule has 0 unspecified atom stereocenters. The summed E-state index contributed by atoms with van der Waals surface area (Å²) in [4.78, 5) is 25.4. The minimum absolute atomic E-state index is 0.0708. The predicted octanol–water partition coefficient (Wildman–Crippen LogP) is 6.59. The van der Waals surface area contributed by atoms with Crippen molar-refractivity contribution >= 4 is 17.7 Å². The van der Waals surface area contributed by atoms with Crippen LogP contribution >= 0.6 is 0 Å². The molecule has 49 heavy (non-hydrogen) atoms. The van der Waals surface area contributed by atoms with Gasteiger partial charge in [0.25, 0.3) is 5.91 Å². The molecule has 0 fully saturated rings. The summed E-state index contributed by atoms with van der Waals surface area (Å²) < 4.78 is 41.2. The molecule has 0 saturated heterocycles. The van der Waals surface area contributed by atoms with Gasteiger partial charge in [-0.2, -0.15) is 0 Å². The number of rotatable bonds is 10. The largest absolute Gasteiger partial charge is 0.493 e. The Morgan fingerprint density at radius 2 is 1.71 bits per heavy atom. The second kappa shape index (κ2) is 19.9. The summed E-state index contributed by atoms with van der Waals surface area (Å²) >= 11 is 0. The number of allylic oxidation sites excluding steroid dienone is 1. The maximum absolute atomic E-state index is 13.4. The number of methoxy groups -OCH3 is 4. The maximum atomic E-state index is 13.4. The average molecular weight is 683 g/mol. The Kier molecular flexibility index (Phi) is 16.1. The first-order valence-corrected chi connectivity index (χ1v) is 16.7. The van der Waals surface area contributed by atoms with Gasteiger partial charge in [0, 0.05) is 50.1 Å². The number of ether oxygens (including phenoxy) is 7. The number of nitrogens with one attached hydrogen (secondary N) is 1. The average Bonchev–Trinajstić information content (AvgIpc) is 3.07. The molecular formula is C38H54N2O9. The number of primary amides is 1. The summed E-state index contributed by atoms with van der Waals surface area (Å²) in [6.45, 7) is 8.20. The molecule has 0 spiro atoms. The van der Waals surface area contributed by atoms with Crippen LogP contribution in [0, 0.1) is 11.8 Å². The molecule has 0 radical (unpaired) electrons. The van der Waals surface area contributed by atoms with Crippen LogP contribution < -0.4 is 20.5 Å². The van der Waals surface area contributed by atoms with Gasteiger partial charge in [-0.25, -0.2) is 4.79 Å². The summed E-state index contributed by atoms with van der Waals surface area (Å²) in [7, 11) is 6.42. The Morgan fingerprint density at radius 3 is 2.35 bits per heavy atom. The van der Waals surface area contributed by atoms with Crippen molar-refractivity contribution in [3.05, 3.63) is 76.9 Å². The van der Waals surface area contributed by atoms with E-state index >= 15 is 0 Å². The summed E-state index contributed by atoms with van der Waals surface area (Å²) in [6.07, 6.45) is 3.13. The van der Waals surface area contributed by atoms with Crippen LogP contribution in [-0.2, 0) is 41.5 Å². The number of carbonyl (C=O) groups is 2. The van der Waals surface area contributed by atoms with E-state index in [1.165, 1.54) is 0 Å². The molecule has 11 nitrogen and oxygen atoms in total. The van der Waals surface area contributed by atoms with Gasteiger partial charge in [0.15, 0.2) is 17.6 Å². The molecule has 1 heterocycles. The quantitative estimate of drug-likeness (QED) is 0.210. The van der Waals surface area contributed by atoms with E-state index in [1.54, 1.807) is 41.4 Å². The summed E-state index contributed by atoms with van der Waals surface area (Å²) in [5.74, 6) is 0.799. The molecule has 2 aromatic carbocycles. The molecule has 0 saturated carbocycles. The van der Waals surface area contributed by atoms with Gasteiger partial charge in [-0.15, -0.1) is 0 Å². The SMILES string of the molecule is COCO[C@H]1[C@@H](OC)C[C@H](C)Cc2cc(cc(OCc3ccccc3)c2OC)NC(=O)/C(C)=C/CC[C@H](OC)[C@@H](OC(N)=O)/C(C)=C/[C@@H]1C. The third-order valence-electron chi connectivity index (χ3n) is 8.72. The minimum Gasteiger partial charge on any atom is -0.493 e. The van der Waals surface area contributed by atoms with Crippen molar-refractivity contribution in [1.82, 2.24) is 0 Å². The number of carbonyl (C=O) groups excluding carboxylic acids is 2. The Balaban J connectivity index is 2.09. The fraction of sp³-hybridized carbons (Fsp3) is 0.526. The number of hydrogen-bond acceptors (Lipinski definition) is 9. The standard InChI is InChI=1S/C38H54N2O9/c1-24-17-29-20-30(21-33(36(29)46-8)47-22-28-14-10-9-11-15-28)40-37(41)25(2)13-12-16-31(44-6)35(49-38(39)42)27(4)19-26(3)34(48-23-43-5)32(18-24)45-7/h9-11,13-15,19-21,24,26,31-32,34-35H,12,16-18,22-23H2,1-8H3,(H2,39,42)(H,40,41)/b25-13+,27-19+/t24-,26+,31+,32+,34-,35+/m1/s1. The molecule has 6 atom stereocenters. The van der Waals surface area contributed by atoms with Crippen molar-refractivity contribution in [2.75, 3.05) is 40.5 Å². The van der Waals surface area contributed by atoms with Crippen LogP contribution in [-0.4, -0.2) is 71.6 Å². The van der Waals surface area contributed by atoms with E-state index in [0.717, 1.165) is 16.7 Å². The smallest absolute Gasteiger partial charge is 0.405 e. The van der Waals surface area contributed by atoms with Crippen molar-refractivity contribution < 1.29 is 42.7 Å². The number of hydrogen-bond donors (Lipinski definition) is 2. The minimum atomic E-state index is -0.906. The highest BCUT2D eigenvalue weighted by molar-refractivity contribution is 6.03. The molecule has 2 amide bonds. The molecule has 1 aliphatic rings. The van der Waals surface area contributed by atoms with E-state index in [2.05, 4.69) is 12.2 Å². The number of amides is 2.